The zero-order chi connectivity index (χ0) is 60.2. The number of benzene rings is 1. The number of amides is 3. The first-order valence-corrected chi connectivity index (χ1v) is 30.3. The molecule has 10 atom stereocenters. The van der Waals surface area contributed by atoms with Gasteiger partial charge in [0.1, 0.15) is 72.6 Å². The molecule has 3 amide bonds. The molecule has 33 nitrogen and oxygen atoms in total. The Morgan fingerprint density at radius 3 is 2.32 bits per heavy atom. The molecule has 6 rings (SSSR count). The van der Waals surface area contributed by atoms with Gasteiger partial charge in [0, 0.05) is 40.3 Å². The van der Waals surface area contributed by atoms with Crippen LogP contribution in [0.15, 0.2) is 59.1 Å². The number of aliphatic hydroxyl groups is 1. The first kappa shape index (κ1) is 65.0. The number of nitrogen functional groups attached to an aromatic ring is 2. The Bertz CT molecular complexity index is 3080. The number of nitrogens with two attached hydrogens (primary N) is 2. The van der Waals surface area contributed by atoms with E-state index in [1.54, 1.807) is 45.0 Å². The number of aromatic nitrogens is 6. The van der Waals surface area contributed by atoms with E-state index in [1.165, 1.54) is 44.7 Å². The molecule has 0 spiro atoms. The van der Waals surface area contributed by atoms with E-state index in [-0.39, 0.29) is 65.7 Å². The zero-order valence-electron chi connectivity index (χ0n) is 45.0. The van der Waals surface area contributed by atoms with Crippen LogP contribution >= 0.6 is 37.2 Å². The predicted octanol–water partition coefficient (Wildman–Crippen LogP) is 3.91. The van der Waals surface area contributed by atoms with Gasteiger partial charge in [0.2, 0.25) is 5.91 Å². The Kier molecular flexibility index (Phi) is 22.5. The SMILES string of the molecule is CC(C)(C)OC(=O)N[C@H](CCCCNC(=O)[C@H](CSSC(C)(C)C)NC(=O)OCc1ccc(N=[N+]=[N-])cc1)C(=O)O[C@H]1[C@@H](O)[C@H](n2cnc3c(N)ncnc32)O[C@H]1COP(=O)(O)O[C@H]1C[C@H](n2ccc(N)nc2=O)O[C@@H]1COP(=O)(O)O. The van der Waals surface area contributed by atoms with Crippen LogP contribution in [0.2, 0.25) is 0 Å². The van der Waals surface area contributed by atoms with Crippen molar-refractivity contribution in [1.82, 2.24) is 45.0 Å². The molecule has 0 aliphatic carbocycles. The van der Waals surface area contributed by atoms with Crippen molar-refractivity contribution in [2.24, 2.45) is 5.11 Å². The van der Waals surface area contributed by atoms with Gasteiger partial charge in [-0.1, -0.05) is 71.7 Å². The Hall–Kier alpha value is -6.16. The van der Waals surface area contributed by atoms with Gasteiger partial charge in [-0.25, -0.2) is 43.3 Å². The van der Waals surface area contributed by atoms with Crippen molar-refractivity contribution < 1.29 is 85.4 Å². The molecular formula is C45H64N14O19P2S2. The van der Waals surface area contributed by atoms with Gasteiger partial charge in [0.05, 0.1) is 19.5 Å². The van der Waals surface area contributed by atoms with E-state index in [0.29, 0.717) is 11.3 Å². The minimum absolute atomic E-state index is 0.0313. The highest BCUT2D eigenvalue weighted by Gasteiger charge is 2.50. The van der Waals surface area contributed by atoms with Crippen molar-refractivity contribution in [3.05, 3.63) is 75.7 Å². The van der Waals surface area contributed by atoms with E-state index < -0.39 is 126 Å². The number of carbonyl (C=O) groups is 4. The van der Waals surface area contributed by atoms with E-state index in [0.717, 1.165) is 10.9 Å². The summed E-state index contributed by atoms with van der Waals surface area (Å²) in [5.41, 5.74) is 19.5. The van der Waals surface area contributed by atoms with Gasteiger partial charge in [-0.2, -0.15) is 4.98 Å². The Balaban J connectivity index is 1.15. The topological polar surface area (TPSA) is 473 Å². The molecule has 1 unspecified atom stereocenters. The normalized spacial score (nSPS) is 21.6. The maximum atomic E-state index is 14.3. The van der Waals surface area contributed by atoms with Crippen LogP contribution in [0.25, 0.3) is 21.6 Å². The van der Waals surface area contributed by atoms with Crippen molar-refractivity contribution >= 4 is 89.8 Å². The molecule has 82 heavy (non-hydrogen) atoms. The molecular weight excluding hydrogens is 1170 g/mol. The fourth-order valence-electron chi connectivity index (χ4n) is 7.83. The number of esters is 1. The third kappa shape index (κ3) is 19.8. The van der Waals surface area contributed by atoms with Crippen LogP contribution in [-0.4, -0.2) is 151 Å². The minimum Gasteiger partial charge on any atom is -0.455 e. The molecule has 2 saturated heterocycles. The molecule has 3 aromatic heterocycles. The fraction of sp³-hybridized carbons (Fsp3) is 0.578. The lowest BCUT2D eigenvalue weighted by Gasteiger charge is -2.26. The average Bonchev–Trinajstić information content (AvgIpc) is 4.27. The van der Waals surface area contributed by atoms with Crippen LogP contribution in [0.3, 0.4) is 0 Å². The van der Waals surface area contributed by atoms with Crippen LogP contribution < -0.4 is 33.1 Å². The lowest BCUT2D eigenvalue weighted by atomic mass is 10.1. The monoisotopic (exact) mass is 1230 g/mol. The highest BCUT2D eigenvalue weighted by atomic mass is 33.1. The van der Waals surface area contributed by atoms with Gasteiger partial charge in [0.15, 0.2) is 23.8 Å². The van der Waals surface area contributed by atoms with Gasteiger partial charge in [-0.15, -0.1) is 0 Å². The van der Waals surface area contributed by atoms with Crippen LogP contribution in [-0.2, 0) is 62.6 Å². The molecule has 2 aliphatic rings. The van der Waals surface area contributed by atoms with Crippen molar-refractivity contribution in [2.45, 2.75) is 139 Å². The van der Waals surface area contributed by atoms with Gasteiger partial charge >= 0.3 is 39.5 Å². The molecule has 0 bridgehead atoms. The third-order valence-corrected chi connectivity index (χ3v) is 16.3. The van der Waals surface area contributed by atoms with E-state index in [1.807, 2.05) is 20.8 Å². The maximum absolute atomic E-state index is 14.3. The van der Waals surface area contributed by atoms with Gasteiger partial charge < -0.3 is 70.9 Å². The lowest BCUT2D eigenvalue weighted by molar-refractivity contribution is -0.159. The summed E-state index contributed by atoms with van der Waals surface area (Å²) in [5.74, 6) is -1.70. The third-order valence-electron chi connectivity index (χ3n) is 11.5. The Morgan fingerprint density at radius 2 is 1.65 bits per heavy atom. The minimum atomic E-state index is -5.33. The molecule has 4 aromatic rings. The summed E-state index contributed by atoms with van der Waals surface area (Å²) in [4.78, 5) is 115. The lowest BCUT2D eigenvalue weighted by Crippen LogP contribution is -2.48. The number of carbonyl (C=O) groups excluding carboxylic acids is 4. The summed E-state index contributed by atoms with van der Waals surface area (Å²) in [5, 5.41) is 23.3. The largest absolute Gasteiger partial charge is 0.472 e. The first-order valence-electron chi connectivity index (χ1n) is 25.0. The number of unbranched alkanes of at least 4 members (excludes halogenated alkanes) is 1. The number of imidazole rings is 1. The summed E-state index contributed by atoms with van der Waals surface area (Å²) in [7, 11) is -7.60. The molecule has 11 N–H and O–H groups in total. The van der Waals surface area contributed by atoms with Gasteiger partial charge in [-0.05, 0) is 57.2 Å². The van der Waals surface area contributed by atoms with E-state index in [9.17, 15) is 52.9 Å². The van der Waals surface area contributed by atoms with Gasteiger partial charge in [0.25, 0.3) is 0 Å². The number of phosphoric acid groups is 2. The summed E-state index contributed by atoms with van der Waals surface area (Å²) in [6.07, 6.45) is -9.60. The summed E-state index contributed by atoms with van der Waals surface area (Å²) >= 11 is 0. The number of phosphoric ester groups is 2. The number of ether oxygens (including phenoxy) is 5. The molecule has 0 radical (unpaired) electrons. The number of nitrogens with zero attached hydrogens (tertiary/aromatic N) is 9. The first-order chi connectivity index (χ1) is 38.5. The van der Waals surface area contributed by atoms with Crippen molar-refractivity contribution in [2.75, 3.05) is 37.0 Å². The Labute approximate surface area is 475 Å². The highest BCUT2D eigenvalue weighted by Crippen LogP contribution is 2.50. The molecule has 0 saturated carbocycles. The number of fused-ring (bicyclic) bond motifs is 1. The smallest absolute Gasteiger partial charge is 0.455 e. The zero-order valence-corrected chi connectivity index (χ0v) is 48.4. The van der Waals surface area contributed by atoms with Gasteiger partial charge in [-0.3, -0.25) is 27.5 Å². The number of azide groups is 1. The van der Waals surface area contributed by atoms with Crippen LogP contribution in [0.4, 0.5) is 26.9 Å². The second-order valence-corrected chi connectivity index (χ2v) is 26.0. The number of hydrogen-bond donors (Lipinski definition) is 9. The maximum Gasteiger partial charge on any atom is 0.472 e. The fourth-order valence-corrected chi connectivity index (χ4v) is 11.6. The number of aliphatic hydroxyl groups excluding tert-OH is 1. The van der Waals surface area contributed by atoms with Crippen LogP contribution in [0.1, 0.15) is 85.2 Å². The number of hydrogen-bond acceptors (Lipinski definition) is 25. The molecule has 37 heteroatoms. The summed E-state index contributed by atoms with van der Waals surface area (Å²) < 4.78 is 71.3. The number of nitrogens with one attached hydrogen (secondary N) is 3. The van der Waals surface area contributed by atoms with Crippen LogP contribution in [0.5, 0.6) is 0 Å². The van der Waals surface area contributed by atoms with Crippen molar-refractivity contribution in [1.29, 1.82) is 0 Å². The Morgan fingerprint density at radius 1 is 0.939 bits per heavy atom. The standard InChI is InChI=1S/C45H64N14O19P2S2/c1-44(2,3)77-43(65)53-26(9-7-8-15-49-38(61)27(21-81-82-45(4,5)6)54-42(64)71-18-24-10-12-25(13-11-24)56-57-48)40(62)76-35-30(75-39(34(35)60)59-23-52-33-36(47)50-22-51-37(33)59)20-73-80(69,70)78-28-17-32(58-16-14-31(46)55-41(58)63)74-29(28)19-72-79(66,67)68/h10-14,16,22-23,26-30,32,34-35,39,60H,7-9,15,17-21H2,1-6H3,(H,49,61)(H,53,65)(H,54,64)(H,69,70)(H2,46,55,63)(H2,47,50,51)(H2,66,67,68)/t26-,27+,28+,29-,30+,32-,34-,35-,39-/m1/s1. The molecule has 5 heterocycles. The number of alkyl carbamates (subject to hydrolysis) is 2. The molecule has 450 valence electrons. The summed E-state index contributed by atoms with van der Waals surface area (Å²) in [6, 6.07) is 5.04. The van der Waals surface area contributed by atoms with Crippen molar-refractivity contribution in [3.63, 3.8) is 0 Å². The van der Waals surface area contributed by atoms with E-state index >= 15 is 0 Å². The second kappa shape index (κ2) is 28.4. The second-order valence-electron chi connectivity index (χ2n) is 20.2. The quantitative estimate of drug-likeness (QED) is 0.00629. The van der Waals surface area contributed by atoms with Crippen LogP contribution in [0, 0.1) is 0 Å². The van der Waals surface area contributed by atoms with E-state index in [4.69, 9.17) is 49.7 Å². The highest BCUT2D eigenvalue weighted by molar-refractivity contribution is 8.77. The molecule has 2 aliphatic heterocycles. The number of rotatable bonds is 26. The molecule has 1 aromatic carbocycles. The summed E-state index contributed by atoms with van der Waals surface area (Å²) in [6.45, 7) is 8.74. The van der Waals surface area contributed by atoms with Crippen molar-refractivity contribution in [3.8, 4) is 0 Å². The molecule has 2 fully saturated rings. The van der Waals surface area contributed by atoms with E-state index in [2.05, 4.69) is 50.4 Å². The number of anilines is 2. The average molecular weight is 1230 g/mol. The predicted molar refractivity (Wildman–Crippen MR) is 292 cm³/mol.